The van der Waals surface area contributed by atoms with E-state index in [9.17, 15) is 4.79 Å². The van der Waals surface area contributed by atoms with Crippen LogP contribution in [0.5, 0.6) is 0 Å². The van der Waals surface area contributed by atoms with Crippen LogP contribution in [0.25, 0.3) is 0 Å². The predicted octanol–water partition coefficient (Wildman–Crippen LogP) is 2.22. The molecule has 122 valence electrons. The van der Waals surface area contributed by atoms with Gasteiger partial charge in [-0.05, 0) is 48.4 Å². The number of carbonyl (C=O) groups excluding carboxylic acids is 1. The lowest BCUT2D eigenvalue weighted by Gasteiger charge is -2.18. The molecule has 0 saturated carbocycles. The van der Waals surface area contributed by atoms with Gasteiger partial charge in [-0.3, -0.25) is 9.78 Å². The Labute approximate surface area is 139 Å². The number of carbonyl (C=O) groups is 1. The first-order valence-corrected chi connectivity index (χ1v) is 7.60. The minimum Gasteiger partial charge on any atom is -0.323 e. The van der Waals surface area contributed by atoms with Crippen molar-refractivity contribution in [2.75, 3.05) is 5.32 Å². The fourth-order valence-electron chi connectivity index (χ4n) is 2.44. The number of pyridine rings is 1. The summed E-state index contributed by atoms with van der Waals surface area (Å²) in [6.45, 7) is 5.65. The van der Waals surface area contributed by atoms with Crippen LogP contribution in [0.1, 0.15) is 28.7 Å². The van der Waals surface area contributed by atoms with Gasteiger partial charge >= 0.3 is 0 Å². The topological polar surface area (TPSA) is 85.6 Å². The molecule has 0 spiro atoms. The SMILES string of the molecule is Cc1cc(NC(=O)C(c2ccccc2)n2nnnc2C)cnc1C. The molecular weight excluding hydrogens is 304 g/mol. The Balaban J connectivity index is 1.95. The van der Waals surface area contributed by atoms with Gasteiger partial charge in [0.15, 0.2) is 6.04 Å². The van der Waals surface area contributed by atoms with Crippen molar-refractivity contribution < 1.29 is 4.79 Å². The molecule has 3 rings (SSSR count). The number of amides is 1. The summed E-state index contributed by atoms with van der Waals surface area (Å²) in [5, 5.41) is 14.4. The molecule has 1 atom stereocenters. The van der Waals surface area contributed by atoms with Gasteiger partial charge in [-0.25, -0.2) is 4.68 Å². The molecular formula is C17H18N6O. The second-order valence-corrected chi connectivity index (χ2v) is 5.60. The molecule has 0 aliphatic heterocycles. The first-order valence-electron chi connectivity index (χ1n) is 7.60. The van der Waals surface area contributed by atoms with Gasteiger partial charge < -0.3 is 5.32 Å². The number of aromatic nitrogens is 5. The van der Waals surface area contributed by atoms with E-state index in [-0.39, 0.29) is 5.91 Å². The average molecular weight is 322 g/mol. The largest absolute Gasteiger partial charge is 0.323 e. The maximum atomic E-state index is 12.9. The highest BCUT2D eigenvalue weighted by molar-refractivity contribution is 5.95. The Morgan fingerprint density at radius 1 is 1.17 bits per heavy atom. The van der Waals surface area contributed by atoms with E-state index in [1.165, 1.54) is 4.68 Å². The number of nitrogens with one attached hydrogen (secondary N) is 1. The number of hydrogen-bond acceptors (Lipinski definition) is 5. The van der Waals surface area contributed by atoms with E-state index in [1.54, 1.807) is 13.1 Å². The third-order valence-electron chi connectivity index (χ3n) is 3.87. The standard InChI is InChI=1S/C17H18N6O/c1-11-9-15(10-18-12(11)2)19-17(24)16(14-7-5-4-6-8-14)23-13(3)20-21-22-23/h4-10,16H,1-3H3,(H,19,24). The number of benzene rings is 1. The minimum absolute atomic E-state index is 0.221. The third kappa shape index (κ3) is 3.15. The van der Waals surface area contributed by atoms with Crippen LogP contribution in [0.3, 0.4) is 0 Å². The molecule has 0 bridgehead atoms. The van der Waals surface area contributed by atoms with E-state index in [0.717, 1.165) is 16.8 Å². The van der Waals surface area contributed by atoms with Crippen molar-refractivity contribution >= 4 is 11.6 Å². The van der Waals surface area contributed by atoms with Gasteiger partial charge in [0, 0.05) is 5.69 Å². The van der Waals surface area contributed by atoms with E-state index >= 15 is 0 Å². The highest BCUT2D eigenvalue weighted by Gasteiger charge is 2.25. The number of anilines is 1. The molecule has 1 amide bonds. The van der Waals surface area contributed by atoms with Gasteiger partial charge in [0.1, 0.15) is 5.82 Å². The predicted molar refractivity (Wildman–Crippen MR) is 89.5 cm³/mol. The lowest BCUT2D eigenvalue weighted by atomic mass is 10.1. The molecule has 7 heteroatoms. The number of tetrazole rings is 1. The fourth-order valence-corrected chi connectivity index (χ4v) is 2.44. The molecule has 7 nitrogen and oxygen atoms in total. The molecule has 1 N–H and O–H groups in total. The molecule has 3 aromatic rings. The fraction of sp³-hybridized carbons (Fsp3) is 0.235. The Morgan fingerprint density at radius 2 is 1.92 bits per heavy atom. The summed E-state index contributed by atoms with van der Waals surface area (Å²) in [6, 6.07) is 10.7. The summed E-state index contributed by atoms with van der Waals surface area (Å²) < 4.78 is 1.51. The molecule has 2 aromatic heterocycles. The second-order valence-electron chi connectivity index (χ2n) is 5.60. The van der Waals surface area contributed by atoms with Crippen molar-refractivity contribution in [3.8, 4) is 0 Å². The second kappa shape index (κ2) is 6.57. The van der Waals surface area contributed by atoms with Gasteiger partial charge in [-0.1, -0.05) is 30.3 Å². The molecule has 1 unspecified atom stereocenters. The van der Waals surface area contributed by atoms with E-state index in [2.05, 4.69) is 25.8 Å². The van der Waals surface area contributed by atoms with Crippen LogP contribution in [-0.2, 0) is 4.79 Å². The number of nitrogens with zero attached hydrogens (tertiary/aromatic N) is 5. The highest BCUT2D eigenvalue weighted by Crippen LogP contribution is 2.21. The number of aryl methyl sites for hydroxylation is 3. The van der Waals surface area contributed by atoms with Crippen LogP contribution in [-0.4, -0.2) is 31.1 Å². The third-order valence-corrected chi connectivity index (χ3v) is 3.87. The van der Waals surface area contributed by atoms with Crippen molar-refractivity contribution in [1.82, 2.24) is 25.2 Å². The average Bonchev–Trinajstić information content (AvgIpc) is 2.98. The Bertz CT molecular complexity index is 859. The zero-order chi connectivity index (χ0) is 17.1. The normalized spacial score (nSPS) is 12.0. The van der Waals surface area contributed by atoms with Gasteiger partial charge in [-0.15, -0.1) is 5.10 Å². The Hall–Kier alpha value is -3.09. The van der Waals surface area contributed by atoms with Crippen LogP contribution in [0.4, 0.5) is 5.69 Å². The highest BCUT2D eigenvalue weighted by atomic mass is 16.2. The summed E-state index contributed by atoms with van der Waals surface area (Å²) in [5.74, 6) is 0.346. The van der Waals surface area contributed by atoms with Crippen molar-refractivity contribution in [2.45, 2.75) is 26.8 Å². The van der Waals surface area contributed by atoms with Crippen molar-refractivity contribution in [3.05, 3.63) is 65.2 Å². The Morgan fingerprint density at radius 3 is 2.54 bits per heavy atom. The molecule has 1 aromatic carbocycles. The maximum Gasteiger partial charge on any atom is 0.254 e. The van der Waals surface area contributed by atoms with Crippen LogP contribution in [0, 0.1) is 20.8 Å². The van der Waals surface area contributed by atoms with E-state index < -0.39 is 6.04 Å². The summed E-state index contributed by atoms with van der Waals surface area (Å²) >= 11 is 0. The first kappa shape index (κ1) is 15.8. The molecule has 0 aliphatic rings. The van der Waals surface area contributed by atoms with Crippen LogP contribution in [0.15, 0.2) is 42.6 Å². The first-order chi connectivity index (χ1) is 11.6. The molecule has 0 saturated heterocycles. The summed E-state index contributed by atoms with van der Waals surface area (Å²) in [5.41, 5.74) is 3.41. The number of hydrogen-bond donors (Lipinski definition) is 1. The number of rotatable bonds is 4. The van der Waals surface area contributed by atoms with Gasteiger partial charge in [0.05, 0.1) is 11.9 Å². The summed E-state index contributed by atoms with van der Waals surface area (Å²) in [6.07, 6.45) is 1.65. The summed E-state index contributed by atoms with van der Waals surface area (Å²) in [7, 11) is 0. The van der Waals surface area contributed by atoms with E-state index in [0.29, 0.717) is 11.5 Å². The van der Waals surface area contributed by atoms with Crippen LogP contribution in [0.2, 0.25) is 0 Å². The molecule has 2 heterocycles. The van der Waals surface area contributed by atoms with E-state index in [4.69, 9.17) is 0 Å². The van der Waals surface area contributed by atoms with Crippen molar-refractivity contribution in [1.29, 1.82) is 0 Å². The lowest BCUT2D eigenvalue weighted by molar-refractivity contribution is -0.118. The van der Waals surface area contributed by atoms with Crippen LogP contribution < -0.4 is 5.32 Å². The van der Waals surface area contributed by atoms with Gasteiger partial charge in [-0.2, -0.15) is 0 Å². The van der Waals surface area contributed by atoms with Gasteiger partial charge in [0.2, 0.25) is 0 Å². The monoisotopic (exact) mass is 322 g/mol. The van der Waals surface area contributed by atoms with Crippen molar-refractivity contribution in [2.24, 2.45) is 0 Å². The zero-order valence-corrected chi connectivity index (χ0v) is 13.8. The minimum atomic E-state index is -0.650. The quantitative estimate of drug-likeness (QED) is 0.796. The van der Waals surface area contributed by atoms with Gasteiger partial charge in [0.25, 0.3) is 5.91 Å². The van der Waals surface area contributed by atoms with Crippen molar-refractivity contribution in [3.63, 3.8) is 0 Å². The smallest absolute Gasteiger partial charge is 0.254 e. The molecule has 0 aliphatic carbocycles. The maximum absolute atomic E-state index is 12.9. The lowest BCUT2D eigenvalue weighted by Crippen LogP contribution is -2.28. The molecule has 24 heavy (non-hydrogen) atoms. The van der Waals surface area contributed by atoms with E-state index in [1.807, 2.05) is 50.2 Å². The molecule has 0 fully saturated rings. The zero-order valence-electron chi connectivity index (χ0n) is 13.8. The Kier molecular flexibility index (Phi) is 4.33. The summed E-state index contributed by atoms with van der Waals surface area (Å²) in [4.78, 5) is 17.2. The van der Waals surface area contributed by atoms with Crippen LogP contribution >= 0.6 is 0 Å². The molecule has 0 radical (unpaired) electrons.